The smallest absolute Gasteiger partial charge is 0.407 e. The summed E-state index contributed by atoms with van der Waals surface area (Å²) >= 11 is 6.40. The van der Waals surface area contributed by atoms with Crippen molar-refractivity contribution in [1.82, 2.24) is 45.8 Å². The van der Waals surface area contributed by atoms with Gasteiger partial charge in [-0.05, 0) is 136 Å². The summed E-state index contributed by atoms with van der Waals surface area (Å²) < 4.78 is 60.5. The molecule has 0 bridgehead atoms. The van der Waals surface area contributed by atoms with Gasteiger partial charge in [-0.15, -0.1) is 0 Å². The molecular weight excluding hydrogens is 1460 g/mol. The topological polar surface area (TPSA) is 424 Å². The molecule has 0 spiro atoms. The SMILES string of the molecule is CC[C@@]1(O)C(=O)OCc2c1cc1n(c2=O)Cc2c-1nc1cc(F)c(C)c3c1c2[C@@H](NC(=O)OCc1ccc(NC(=O)[C@H](C)NC(=O)[C@@H](NC(=O)CCOCCC(=O)NCCNc2ncc(C4C=C(F)C=C(C)C4)c(N4CCC(N)CC4)c2-c2nc4ccc(Cl)cc4[nH]2)C(C)C)c(O[C@@H]2O[C@H](C(=O)O)C[C@H](O)[C@H]2O)c1)CC3. The molecule has 33 heteroatoms. The molecule has 7 aromatic rings. The van der Waals surface area contributed by atoms with Crippen LogP contribution in [-0.4, -0.2) is 169 Å². The molecule has 2 aliphatic carbocycles. The van der Waals surface area contributed by atoms with E-state index in [9.17, 15) is 58.8 Å². The van der Waals surface area contributed by atoms with Crippen LogP contribution in [-0.2, 0) is 79.5 Å². The summed E-state index contributed by atoms with van der Waals surface area (Å²) in [5, 5.41) is 61.3. The van der Waals surface area contributed by atoms with Gasteiger partial charge in [0.05, 0.1) is 82.3 Å². The molecule has 0 saturated carbocycles. The number of aliphatic hydroxyl groups excluding tert-OH is 2. The zero-order chi connectivity index (χ0) is 79.0. The van der Waals surface area contributed by atoms with Crippen LogP contribution in [0.2, 0.25) is 5.02 Å². The van der Waals surface area contributed by atoms with E-state index in [0.717, 1.165) is 29.7 Å². The summed E-state index contributed by atoms with van der Waals surface area (Å²) in [6.45, 7) is 10.6. The maximum atomic E-state index is 15.7. The number of amides is 5. The third-order valence-corrected chi connectivity index (χ3v) is 21.5. The average molecular weight is 1550 g/mol. The lowest BCUT2D eigenvalue weighted by atomic mass is 9.81. The van der Waals surface area contributed by atoms with Crippen LogP contribution in [0.15, 0.2) is 83.1 Å². The number of aliphatic hydroxyl groups is 3. The molecule has 588 valence electrons. The number of H-pyrrole nitrogens is 1. The van der Waals surface area contributed by atoms with E-state index in [4.69, 9.17) is 56.0 Å². The van der Waals surface area contributed by atoms with E-state index in [1.54, 1.807) is 52.1 Å². The molecular formula is C78H88ClF2N13O17. The number of rotatable bonds is 26. The third-order valence-electron chi connectivity index (χ3n) is 21.3. The number of aromatic amines is 1. The minimum absolute atomic E-state index is 0.0223. The number of imidazole rings is 1. The Morgan fingerprint density at radius 3 is 2.41 bits per heavy atom. The maximum Gasteiger partial charge on any atom is 0.407 e. The van der Waals surface area contributed by atoms with Gasteiger partial charge in [-0.2, -0.15) is 0 Å². The van der Waals surface area contributed by atoms with E-state index in [0.29, 0.717) is 86.8 Å². The normalized spacial score (nSPS) is 21.2. The molecule has 3 aromatic carbocycles. The van der Waals surface area contributed by atoms with Gasteiger partial charge in [0.1, 0.15) is 60.4 Å². The van der Waals surface area contributed by atoms with Gasteiger partial charge >= 0.3 is 18.0 Å². The molecule has 2 saturated heterocycles. The van der Waals surface area contributed by atoms with Gasteiger partial charge in [0.15, 0.2) is 11.7 Å². The Kier molecular flexibility index (Phi) is 23.3. The van der Waals surface area contributed by atoms with E-state index >= 15 is 8.78 Å². The molecule has 4 aromatic heterocycles. The number of aromatic nitrogens is 5. The van der Waals surface area contributed by atoms with Crippen molar-refractivity contribution in [3.8, 4) is 28.5 Å². The number of anilines is 3. The van der Waals surface area contributed by atoms with Gasteiger partial charge < -0.3 is 96.2 Å². The Balaban J connectivity index is 0.615. The van der Waals surface area contributed by atoms with Crippen molar-refractivity contribution in [2.75, 3.05) is 54.9 Å². The number of aryl methyl sites for hydroxylation is 1. The molecule has 2 fully saturated rings. The molecule has 0 radical (unpaired) electrons. The lowest BCUT2D eigenvalue weighted by Gasteiger charge is -2.36. The van der Waals surface area contributed by atoms with Crippen molar-refractivity contribution < 1.29 is 86.5 Å². The van der Waals surface area contributed by atoms with Crippen LogP contribution in [0.25, 0.3) is 44.7 Å². The molecule has 13 rings (SSSR count). The number of cyclic esters (lactones) is 1. The van der Waals surface area contributed by atoms with E-state index < -0.39 is 114 Å². The monoisotopic (exact) mass is 1550 g/mol. The highest BCUT2D eigenvalue weighted by Gasteiger charge is 2.47. The zero-order valence-electron chi connectivity index (χ0n) is 61.9. The number of ether oxygens (including phenoxy) is 5. The second-order valence-corrected chi connectivity index (χ2v) is 29.7. The number of aliphatic carboxylic acids is 1. The van der Waals surface area contributed by atoms with Gasteiger partial charge in [-0.1, -0.05) is 44.0 Å². The van der Waals surface area contributed by atoms with Gasteiger partial charge in [-0.25, -0.2) is 38.1 Å². The molecule has 4 aliphatic heterocycles. The zero-order valence-corrected chi connectivity index (χ0v) is 62.7. The van der Waals surface area contributed by atoms with Crippen LogP contribution in [0.1, 0.15) is 142 Å². The Morgan fingerprint density at radius 1 is 0.910 bits per heavy atom. The summed E-state index contributed by atoms with van der Waals surface area (Å²) in [6.07, 6.45) is -0.996. The van der Waals surface area contributed by atoms with Crippen LogP contribution < -0.4 is 52.8 Å². The highest BCUT2D eigenvalue weighted by Crippen LogP contribution is 2.48. The number of carbonyl (C=O) groups is 7. The Labute approximate surface area is 640 Å². The predicted octanol–water partition coefficient (Wildman–Crippen LogP) is 7.16. The lowest BCUT2D eigenvalue weighted by molar-refractivity contribution is -0.238. The number of allylic oxidation sites excluding steroid dienone is 4. The Bertz CT molecular complexity index is 5000. The largest absolute Gasteiger partial charge is 0.479 e. The summed E-state index contributed by atoms with van der Waals surface area (Å²) in [6, 6.07) is 9.10. The van der Waals surface area contributed by atoms with E-state index in [1.165, 1.54) is 47.9 Å². The fraction of sp³-hybridized carbons (Fsp3) is 0.449. The number of carboxylic acid groups (broad SMARTS) is 1. The number of halogens is 3. The number of nitrogens with two attached hydrogens (primary N) is 1. The van der Waals surface area contributed by atoms with Crippen LogP contribution in [0, 0.1) is 18.7 Å². The van der Waals surface area contributed by atoms with Crippen molar-refractivity contribution in [1.29, 1.82) is 0 Å². The average Bonchev–Trinajstić information content (AvgIpc) is 1.58. The molecule has 6 aliphatic rings. The van der Waals surface area contributed by atoms with E-state index in [2.05, 4.69) is 41.8 Å². The van der Waals surface area contributed by atoms with Crippen molar-refractivity contribution >= 4 is 92.4 Å². The number of pyridine rings is 3. The number of benzene rings is 3. The molecule has 13 N–H and O–H groups in total. The number of nitrogens with one attached hydrogen (secondary N) is 7. The number of hydrogen-bond acceptors (Lipinski definition) is 22. The van der Waals surface area contributed by atoms with Gasteiger partial charge in [0.25, 0.3) is 5.56 Å². The van der Waals surface area contributed by atoms with E-state index in [1.807, 2.05) is 13.0 Å². The van der Waals surface area contributed by atoms with Crippen LogP contribution in [0.4, 0.5) is 30.8 Å². The molecule has 30 nitrogen and oxygen atoms in total. The van der Waals surface area contributed by atoms with Gasteiger partial charge in [0.2, 0.25) is 29.9 Å². The van der Waals surface area contributed by atoms with Crippen molar-refractivity contribution in [3.05, 3.63) is 144 Å². The quantitative estimate of drug-likeness (QED) is 0.0189. The number of carbonyl (C=O) groups excluding carboxylic acids is 6. The molecule has 111 heavy (non-hydrogen) atoms. The number of carboxylic acids is 1. The summed E-state index contributed by atoms with van der Waals surface area (Å²) in [4.78, 5) is 128. The lowest BCUT2D eigenvalue weighted by Crippen LogP contribution is -2.54. The second kappa shape index (κ2) is 32.8. The summed E-state index contributed by atoms with van der Waals surface area (Å²) in [7, 11) is 0. The van der Waals surface area contributed by atoms with E-state index in [-0.39, 0.29) is 134 Å². The maximum absolute atomic E-state index is 15.7. The number of hydrogen-bond donors (Lipinski definition) is 12. The molecule has 8 heterocycles. The van der Waals surface area contributed by atoms with Crippen molar-refractivity contribution in [2.24, 2.45) is 11.7 Å². The summed E-state index contributed by atoms with van der Waals surface area (Å²) in [5.41, 5.74) is 11.7. The fourth-order valence-electron chi connectivity index (χ4n) is 15.3. The van der Waals surface area contributed by atoms with Crippen molar-refractivity contribution in [2.45, 2.75) is 179 Å². The first kappa shape index (κ1) is 78.6. The molecule has 9 atom stereocenters. The number of esters is 1. The summed E-state index contributed by atoms with van der Waals surface area (Å²) in [5.74, 6) is -5.65. The predicted molar refractivity (Wildman–Crippen MR) is 402 cm³/mol. The minimum Gasteiger partial charge on any atom is -0.479 e. The third kappa shape index (κ3) is 16.5. The highest BCUT2D eigenvalue weighted by atomic mass is 35.5. The van der Waals surface area contributed by atoms with Crippen LogP contribution in [0.3, 0.4) is 0 Å². The number of nitrogens with zero attached hydrogens (tertiary/aromatic N) is 5. The number of fused-ring (bicyclic) bond motifs is 6. The highest BCUT2D eigenvalue weighted by molar-refractivity contribution is 6.31. The first-order valence-corrected chi connectivity index (χ1v) is 37.4. The first-order chi connectivity index (χ1) is 53.0. The molecule has 5 amide bonds. The second-order valence-electron chi connectivity index (χ2n) is 29.3. The van der Waals surface area contributed by atoms with Crippen molar-refractivity contribution in [3.63, 3.8) is 0 Å². The van der Waals surface area contributed by atoms with Gasteiger partial charge in [-0.3, -0.25) is 24.0 Å². The minimum atomic E-state index is -2.11. The molecule has 1 unspecified atom stereocenters. The number of alkyl carbamates (subject to hydrolysis) is 1. The van der Waals surface area contributed by atoms with Crippen LogP contribution in [0.5, 0.6) is 5.75 Å². The standard InChI is InChI=1S/C78H88ClF2N13O17/c1-7-78(106)49-29-56-66-47(33-94(56)73(101)48(49)35-108-76(78)104)63-53(13-10-45-38(5)50(81)30-55(87-66)62(45)63)91-77(105)109-34-40-8-11-52(58(26-40)110-75-68(98)57(95)31-59(111-75)74(102)103)90-71(99)39(6)86-72(100)65(36(2)3)92-61(97)17-23-107-22-16-60(96)83-18-19-84-69-64(70-88-51-12-9-42(79)28-54(51)89-70)67(93-20-14-44(82)15-21-93)46(32-85-69)41-24-37(4)25-43(80)27-41/h8-9,11-12,25-30,32,36,39,41,44,53,57,59,65,68,75,95,98,106H,7,10,13-24,31,33-35,82H2,1-6H3,(H,83,96)(H,84,85)(H,86,100)(H,88,89)(H,90,99)(H,91,105)(H,92,97)(H,102,103)/t39-,41?,53-,57-,59-,65-,68+,75+,78-/m0/s1. The first-order valence-electron chi connectivity index (χ1n) is 37.1. The fourth-order valence-corrected chi connectivity index (χ4v) is 15.4. The number of piperidine rings is 1. The van der Waals surface area contributed by atoms with Crippen LogP contribution >= 0.6 is 11.6 Å². The Hall–Kier alpha value is -10.5. The van der Waals surface area contributed by atoms with Gasteiger partial charge in [0, 0.05) is 96.8 Å². The Morgan fingerprint density at radius 2 is 1.68 bits per heavy atom.